The summed E-state index contributed by atoms with van der Waals surface area (Å²) < 4.78 is 2.10. The molecule has 3 nitrogen and oxygen atoms in total. The number of nitrogens with zero attached hydrogens (tertiary/aromatic N) is 2. The molecule has 0 radical (unpaired) electrons. The van der Waals surface area contributed by atoms with Gasteiger partial charge in [-0.3, -0.25) is 4.98 Å². The number of rotatable bonds is 4. The van der Waals surface area contributed by atoms with Crippen molar-refractivity contribution in [2.45, 2.75) is 31.7 Å². The van der Waals surface area contributed by atoms with E-state index in [4.69, 9.17) is 5.73 Å². The monoisotopic (exact) mass is 237 g/mol. The molecule has 88 valence electrons. The van der Waals surface area contributed by atoms with E-state index in [1.165, 1.54) is 17.7 Å². The van der Waals surface area contributed by atoms with Crippen molar-refractivity contribution in [3.05, 3.63) is 29.6 Å². The van der Waals surface area contributed by atoms with Crippen LogP contribution in [0.5, 0.6) is 0 Å². The van der Waals surface area contributed by atoms with Crippen molar-refractivity contribution in [3.8, 4) is 0 Å². The highest BCUT2D eigenvalue weighted by Gasteiger charge is 2.24. The lowest BCUT2D eigenvalue weighted by Gasteiger charge is -2.31. The van der Waals surface area contributed by atoms with Gasteiger partial charge < -0.3 is 5.73 Å². The Labute approximate surface area is 103 Å². The van der Waals surface area contributed by atoms with Gasteiger partial charge in [0, 0.05) is 12.7 Å². The summed E-state index contributed by atoms with van der Waals surface area (Å²) in [6.45, 7) is 1.65. The molecule has 0 fully saturated rings. The number of nitrogens with two attached hydrogens (primary N) is 1. The van der Waals surface area contributed by atoms with Crippen molar-refractivity contribution >= 4 is 12.8 Å². The van der Waals surface area contributed by atoms with E-state index in [-0.39, 0.29) is 0 Å². The van der Waals surface area contributed by atoms with Crippen molar-refractivity contribution in [1.82, 2.24) is 9.29 Å². The maximum atomic E-state index is 5.52. The molecule has 0 aliphatic heterocycles. The highest BCUT2D eigenvalue weighted by Crippen LogP contribution is 2.33. The summed E-state index contributed by atoms with van der Waals surface area (Å²) in [5, 5.41) is 0. The van der Waals surface area contributed by atoms with Crippen LogP contribution in [-0.4, -0.2) is 22.4 Å². The number of thiol groups is 1. The summed E-state index contributed by atoms with van der Waals surface area (Å²) in [5.41, 5.74) is 8.11. The summed E-state index contributed by atoms with van der Waals surface area (Å²) in [6.07, 6.45) is 6.39. The molecule has 2 rings (SSSR count). The van der Waals surface area contributed by atoms with Gasteiger partial charge >= 0.3 is 0 Å². The second-order valence-corrected chi connectivity index (χ2v) is 4.77. The standard InChI is InChI=1S/C12H19N3S/c13-7-3-9-15(16)11-6-1-4-10-5-2-8-14-12(10)11/h2,5,8,11,16H,1,3-4,6-7,9,13H2. The molecule has 0 saturated carbocycles. The minimum Gasteiger partial charge on any atom is -0.330 e. The molecule has 1 aromatic heterocycles. The van der Waals surface area contributed by atoms with Gasteiger partial charge in [-0.05, 0) is 43.9 Å². The van der Waals surface area contributed by atoms with Gasteiger partial charge in [0.2, 0.25) is 0 Å². The van der Waals surface area contributed by atoms with Crippen molar-refractivity contribution in [1.29, 1.82) is 0 Å². The van der Waals surface area contributed by atoms with E-state index in [0.717, 1.165) is 32.4 Å². The molecule has 1 unspecified atom stereocenters. The molecule has 0 amide bonds. The van der Waals surface area contributed by atoms with Gasteiger partial charge in [0.25, 0.3) is 0 Å². The summed E-state index contributed by atoms with van der Waals surface area (Å²) in [5.74, 6) is 0. The topological polar surface area (TPSA) is 42.1 Å². The second-order valence-electron chi connectivity index (χ2n) is 4.26. The average Bonchev–Trinajstić information content (AvgIpc) is 2.35. The third kappa shape index (κ3) is 2.56. The molecule has 1 heterocycles. The normalized spacial score (nSPS) is 19.8. The number of aromatic nitrogens is 1. The summed E-state index contributed by atoms with van der Waals surface area (Å²) >= 11 is 4.57. The molecule has 4 heteroatoms. The van der Waals surface area contributed by atoms with E-state index >= 15 is 0 Å². The van der Waals surface area contributed by atoms with Crippen LogP contribution < -0.4 is 5.73 Å². The zero-order valence-electron chi connectivity index (χ0n) is 9.47. The first-order chi connectivity index (χ1) is 7.83. The minimum absolute atomic E-state index is 0.361. The van der Waals surface area contributed by atoms with E-state index in [2.05, 4.69) is 28.2 Å². The molecule has 1 aromatic rings. The lowest BCUT2D eigenvalue weighted by atomic mass is 9.92. The molecule has 0 bridgehead atoms. The largest absolute Gasteiger partial charge is 0.330 e. The quantitative estimate of drug-likeness (QED) is 0.787. The van der Waals surface area contributed by atoms with Crippen molar-refractivity contribution in [2.24, 2.45) is 5.73 Å². The number of hydrogen-bond donors (Lipinski definition) is 2. The van der Waals surface area contributed by atoms with Gasteiger partial charge in [-0.15, -0.1) is 0 Å². The van der Waals surface area contributed by atoms with E-state index in [1.807, 2.05) is 12.3 Å². The smallest absolute Gasteiger partial charge is 0.0624 e. The Morgan fingerprint density at radius 1 is 1.56 bits per heavy atom. The molecule has 0 spiro atoms. The van der Waals surface area contributed by atoms with Crippen LogP contribution in [0.3, 0.4) is 0 Å². The third-order valence-corrected chi connectivity index (χ3v) is 3.60. The number of hydrogen-bond acceptors (Lipinski definition) is 4. The van der Waals surface area contributed by atoms with Crippen LogP contribution in [0.25, 0.3) is 0 Å². The Balaban J connectivity index is 2.12. The highest BCUT2D eigenvalue weighted by atomic mass is 32.1. The van der Waals surface area contributed by atoms with Crippen LogP contribution in [0.15, 0.2) is 18.3 Å². The fourth-order valence-electron chi connectivity index (χ4n) is 2.28. The Bertz CT molecular complexity index is 343. The molecule has 1 aliphatic carbocycles. The van der Waals surface area contributed by atoms with Crippen LogP contribution in [0.1, 0.15) is 36.6 Å². The van der Waals surface area contributed by atoms with Crippen LogP contribution in [0.2, 0.25) is 0 Å². The Kier molecular flexibility index (Phi) is 4.21. The van der Waals surface area contributed by atoms with E-state index in [9.17, 15) is 0 Å². The van der Waals surface area contributed by atoms with E-state index in [0.29, 0.717) is 6.04 Å². The molecular weight excluding hydrogens is 218 g/mol. The molecule has 16 heavy (non-hydrogen) atoms. The predicted molar refractivity (Wildman–Crippen MR) is 69.3 cm³/mol. The molecule has 1 aliphatic rings. The SMILES string of the molecule is NCCCN(S)C1CCCc2cccnc21. The van der Waals surface area contributed by atoms with Crippen molar-refractivity contribution < 1.29 is 0 Å². The number of aryl methyl sites for hydroxylation is 1. The number of fused-ring (bicyclic) bond motifs is 1. The van der Waals surface area contributed by atoms with Crippen molar-refractivity contribution in [2.75, 3.05) is 13.1 Å². The Morgan fingerprint density at radius 2 is 2.44 bits per heavy atom. The minimum atomic E-state index is 0.361. The Morgan fingerprint density at radius 3 is 3.25 bits per heavy atom. The Hall–Kier alpha value is -0.580. The van der Waals surface area contributed by atoms with Crippen LogP contribution in [0, 0.1) is 0 Å². The van der Waals surface area contributed by atoms with Gasteiger partial charge in [0.05, 0.1) is 11.7 Å². The third-order valence-electron chi connectivity index (χ3n) is 3.12. The van der Waals surface area contributed by atoms with Crippen LogP contribution >= 0.6 is 12.8 Å². The van der Waals surface area contributed by atoms with E-state index in [1.54, 1.807) is 0 Å². The maximum absolute atomic E-state index is 5.52. The first kappa shape index (κ1) is 11.9. The van der Waals surface area contributed by atoms with Crippen LogP contribution in [0.4, 0.5) is 0 Å². The maximum Gasteiger partial charge on any atom is 0.0624 e. The van der Waals surface area contributed by atoms with E-state index < -0.39 is 0 Å². The fourth-order valence-corrected chi connectivity index (χ4v) is 2.65. The van der Waals surface area contributed by atoms with Gasteiger partial charge in [-0.25, -0.2) is 4.31 Å². The zero-order valence-corrected chi connectivity index (χ0v) is 10.4. The molecule has 0 saturated heterocycles. The van der Waals surface area contributed by atoms with Gasteiger partial charge in [0.1, 0.15) is 0 Å². The summed E-state index contributed by atoms with van der Waals surface area (Å²) in [7, 11) is 0. The first-order valence-electron chi connectivity index (χ1n) is 5.92. The van der Waals surface area contributed by atoms with Gasteiger partial charge in [-0.2, -0.15) is 0 Å². The zero-order chi connectivity index (χ0) is 11.4. The average molecular weight is 237 g/mol. The highest BCUT2D eigenvalue weighted by molar-refractivity contribution is 7.77. The van der Waals surface area contributed by atoms with Crippen molar-refractivity contribution in [3.63, 3.8) is 0 Å². The molecular formula is C12H19N3S. The summed E-state index contributed by atoms with van der Waals surface area (Å²) in [6, 6.07) is 4.56. The summed E-state index contributed by atoms with van der Waals surface area (Å²) in [4.78, 5) is 4.51. The fraction of sp³-hybridized carbons (Fsp3) is 0.583. The predicted octanol–water partition coefficient (Wildman–Crippen LogP) is 1.95. The lowest BCUT2D eigenvalue weighted by molar-refractivity contribution is 0.316. The molecule has 0 aromatic carbocycles. The van der Waals surface area contributed by atoms with Crippen LogP contribution in [-0.2, 0) is 6.42 Å². The lowest BCUT2D eigenvalue weighted by Crippen LogP contribution is -2.26. The van der Waals surface area contributed by atoms with Gasteiger partial charge in [0.15, 0.2) is 0 Å². The van der Waals surface area contributed by atoms with Gasteiger partial charge in [-0.1, -0.05) is 18.9 Å². The second kappa shape index (κ2) is 5.66. The molecule has 1 atom stereocenters. The number of pyridine rings is 1. The first-order valence-corrected chi connectivity index (χ1v) is 6.32. The molecule has 2 N–H and O–H groups in total.